The first kappa shape index (κ1) is 9.33. The van der Waals surface area contributed by atoms with Crippen molar-refractivity contribution in [3.05, 3.63) is 48.2 Å². The molecule has 0 unspecified atom stereocenters. The topological polar surface area (TPSA) is 12.0 Å². The molecular weight excluding hydrogens is 214 g/mol. The maximum atomic E-state index is 3.59. The Kier molecular flexibility index (Phi) is 3.88. The lowest BCUT2D eigenvalue weighted by molar-refractivity contribution is 0.872. The van der Waals surface area contributed by atoms with Crippen LogP contribution in [0.4, 0.5) is 0 Å². The molecule has 2 heteroatoms. The number of halogens is 1. The smallest absolute Gasteiger partial charge is 0.0395 e. The highest BCUT2D eigenvalue weighted by Gasteiger charge is 1.91. The van der Waals surface area contributed by atoms with Gasteiger partial charge in [0.1, 0.15) is 0 Å². The molecule has 0 fully saturated rings. The molecular formula is C10H12BrN. The minimum atomic E-state index is 0.853. The van der Waals surface area contributed by atoms with Crippen LogP contribution in [-0.4, -0.2) is 0 Å². The third-order valence-electron chi connectivity index (χ3n) is 1.63. The lowest BCUT2D eigenvalue weighted by Crippen LogP contribution is -2.03. The van der Waals surface area contributed by atoms with E-state index in [-0.39, 0.29) is 0 Å². The summed E-state index contributed by atoms with van der Waals surface area (Å²) in [5.74, 6) is 0. The van der Waals surface area contributed by atoms with Gasteiger partial charge in [-0.15, -0.1) is 0 Å². The second kappa shape index (κ2) is 4.99. The van der Waals surface area contributed by atoms with Gasteiger partial charge in [-0.3, -0.25) is 0 Å². The zero-order valence-corrected chi connectivity index (χ0v) is 8.47. The van der Waals surface area contributed by atoms with E-state index in [2.05, 4.69) is 52.1 Å². The van der Waals surface area contributed by atoms with Crippen LogP contribution in [0.5, 0.6) is 0 Å². The van der Waals surface area contributed by atoms with Crippen LogP contribution in [0.15, 0.2) is 37.0 Å². The summed E-state index contributed by atoms with van der Waals surface area (Å²) in [6.07, 6.45) is 1.71. The largest absolute Gasteiger partial charge is 0.387 e. The van der Waals surface area contributed by atoms with Crippen LogP contribution >= 0.6 is 15.9 Å². The molecule has 0 saturated heterocycles. The second-order valence-corrected chi connectivity index (χ2v) is 3.10. The fourth-order valence-electron chi connectivity index (χ4n) is 0.936. The minimum absolute atomic E-state index is 0.853. The molecule has 0 spiro atoms. The van der Waals surface area contributed by atoms with Crippen LogP contribution in [0.3, 0.4) is 0 Å². The molecule has 1 N–H and O–H groups in total. The summed E-state index contributed by atoms with van der Waals surface area (Å²) in [5.41, 5.74) is 2.58. The Morgan fingerprint density at radius 3 is 2.33 bits per heavy atom. The van der Waals surface area contributed by atoms with Crippen molar-refractivity contribution in [2.45, 2.75) is 11.9 Å². The molecule has 1 nitrogen and oxygen atoms in total. The van der Waals surface area contributed by atoms with Gasteiger partial charge in [-0.25, -0.2) is 0 Å². The molecule has 0 saturated carbocycles. The van der Waals surface area contributed by atoms with Gasteiger partial charge in [0, 0.05) is 11.9 Å². The first-order chi connectivity index (χ1) is 5.86. The third kappa shape index (κ3) is 2.70. The van der Waals surface area contributed by atoms with Crippen molar-refractivity contribution >= 4 is 15.9 Å². The van der Waals surface area contributed by atoms with E-state index in [9.17, 15) is 0 Å². The highest BCUT2D eigenvalue weighted by molar-refractivity contribution is 9.08. The van der Waals surface area contributed by atoms with E-state index in [4.69, 9.17) is 0 Å². The second-order valence-electron chi connectivity index (χ2n) is 2.54. The highest BCUT2D eigenvalue weighted by atomic mass is 79.9. The molecule has 0 aliphatic rings. The summed E-state index contributed by atoms with van der Waals surface area (Å²) < 4.78 is 0. The first-order valence-corrected chi connectivity index (χ1v) is 4.97. The highest BCUT2D eigenvalue weighted by Crippen LogP contribution is 2.07. The first-order valence-electron chi connectivity index (χ1n) is 3.85. The molecule has 0 radical (unpaired) electrons. The Bertz CT molecular complexity index is 241. The van der Waals surface area contributed by atoms with Gasteiger partial charge in [-0.05, 0) is 17.3 Å². The van der Waals surface area contributed by atoms with Gasteiger partial charge in [-0.1, -0.05) is 46.8 Å². The molecule has 0 aromatic heterocycles. The number of rotatable bonds is 4. The fourth-order valence-corrected chi connectivity index (χ4v) is 1.31. The van der Waals surface area contributed by atoms with Crippen molar-refractivity contribution in [2.75, 3.05) is 0 Å². The quantitative estimate of drug-likeness (QED) is 0.778. The lowest BCUT2D eigenvalue weighted by Gasteiger charge is -2.01. The molecule has 1 rings (SSSR count). The molecule has 0 amide bonds. The van der Waals surface area contributed by atoms with E-state index < -0.39 is 0 Å². The Morgan fingerprint density at radius 2 is 1.83 bits per heavy atom. The number of nitrogens with one attached hydrogen (secondary N) is 1. The molecule has 0 heterocycles. The number of hydrogen-bond acceptors (Lipinski definition) is 1. The summed E-state index contributed by atoms with van der Waals surface area (Å²) in [7, 11) is 0. The van der Waals surface area contributed by atoms with Gasteiger partial charge >= 0.3 is 0 Å². The van der Waals surface area contributed by atoms with Gasteiger partial charge in [0.2, 0.25) is 0 Å². The number of hydrogen-bond donors (Lipinski definition) is 1. The van der Waals surface area contributed by atoms with Crippen molar-refractivity contribution in [1.29, 1.82) is 0 Å². The minimum Gasteiger partial charge on any atom is -0.387 e. The Hall–Kier alpha value is -0.760. The molecule has 0 aliphatic heterocycles. The maximum absolute atomic E-state index is 3.59. The van der Waals surface area contributed by atoms with Crippen molar-refractivity contribution in [1.82, 2.24) is 5.32 Å². The van der Waals surface area contributed by atoms with E-state index in [1.54, 1.807) is 6.20 Å². The summed E-state index contributed by atoms with van der Waals surface area (Å²) in [6.45, 7) is 4.44. The fraction of sp³-hybridized carbons (Fsp3) is 0.200. The summed E-state index contributed by atoms with van der Waals surface area (Å²) >= 11 is 3.40. The Balaban J connectivity index is 2.58. The zero-order valence-electron chi connectivity index (χ0n) is 6.89. The van der Waals surface area contributed by atoms with Crippen molar-refractivity contribution < 1.29 is 0 Å². The monoisotopic (exact) mass is 225 g/mol. The maximum Gasteiger partial charge on any atom is 0.0395 e. The molecule has 0 atom stereocenters. The SMILES string of the molecule is C=CNCc1ccc(CBr)cc1. The van der Waals surface area contributed by atoms with Crippen molar-refractivity contribution in [2.24, 2.45) is 0 Å². The van der Waals surface area contributed by atoms with Gasteiger partial charge < -0.3 is 5.32 Å². The van der Waals surface area contributed by atoms with E-state index in [0.717, 1.165) is 11.9 Å². The zero-order chi connectivity index (χ0) is 8.81. The summed E-state index contributed by atoms with van der Waals surface area (Å²) in [4.78, 5) is 0. The molecule has 1 aromatic rings. The van der Waals surface area contributed by atoms with Crippen LogP contribution in [0.25, 0.3) is 0 Å². The number of benzene rings is 1. The van der Waals surface area contributed by atoms with Gasteiger partial charge in [0.15, 0.2) is 0 Å². The van der Waals surface area contributed by atoms with E-state index in [1.165, 1.54) is 11.1 Å². The summed E-state index contributed by atoms with van der Waals surface area (Å²) in [5, 5.41) is 3.97. The van der Waals surface area contributed by atoms with Crippen LogP contribution < -0.4 is 5.32 Å². The number of alkyl halides is 1. The lowest BCUT2D eigenvalue weighted by atomic mass is 10.1. The Morgan fingerprint density at radius 1 is 1.25 bits per heavy atom. The average Bonchev–Trinajstić information content (AvgIpc) is 2.15. The molecule has 0 bridgehead atoms. The van der Waals surface area contributed by atoms with Crippen molar-refractivity contribution in [3.8, 4) is 0 Å². The van der Waals surface area contributed by atoms with Gasteiger partial charge in [0.25, 0.3) is 0 Å². The summed E-state index contributed by atoms with van der Waals surface area (Å²) in [6, 6.07) is 8.48. The van der Waals surface area contributed by atoms with Crippen molar-refractivity contribution in [3.63, 3.8) is 0 Å². The third-order valence-corrected chi connectivity index (χ3v) is 2.28. The average molecular weight is 226 g/mol. The molecule has 64 valence electrons. The van der Waals surface area contributed by atoms with E-state index in [1.807, 2.05) is 0 Å². The predicted molar refractivity (Wildman–Crippen MR) is 56.1 cm³/mol. The van der Waals surface area contributed by atoms with Crippen LogP contribution in [0, 0.1) is 0 Å². The molecule has 12 heavy (non-hydrogen) atoms. The molecule has 0 aliphatic carbocycles. The predicted octanol–water partition coefficient (Wildman–Crippen LogP) is 2.81. The standard InChI is InChI=1S/C10H12BrN/c1-2-12-8-10-5-3-9(7-11)4-6-10/h2-6,12H,1,7-8H2. The van der Waals surface area contributed by atoms with E-state index >= 15 is 0 Å². The van der Waals surface area contributed by atoms with Crippen LogP contribution in [0.1, 0.15) is 11.1 Å². The molecule has 1 aromatic carbocycles. The van der Waals surface area contributed by atoms with Crippen LogP contribution in [-0.2, 0) is 11.9 Å². The van der Waals surface area contributed by atoms with Gasteiger partial charge in [0.05, 0.1) is 0 Å². The normalized spacial score (nSPS) is 9.42. The Labute approximate surface area is 81.6 Å². The van der Waals surface area contributed by atoms with Crippen LogP contribution in [0.2, 0.25) is 0 Å². The van der Waals surface area contributed by atoms with E-state index in [0.29, 0.717) is 0 Å². The van der Waals surface area contributed by atoms with Gasteiger partial charge in [-0.2, -0.15) is 0 Å².